The van der Waals surface area contributed by atoms with Gasteiger partial charge in [0.1, 0.15) is 0 Å². The van der Waals surface area contributed by atoms with Gasteiger partial charge in [0, 0.05) is 10.4 Å². The summed E-state index contributed by atoms with van der Waals surface area (Å²) in [5, 5.41) is 4.38. The number of hydrogen-bond acceptors (Lipinski definition) is 3. The Morgan fingerprint density at radius 2 is 2.20 bits per heavy atom. The van der Waals surface area contributed by atoms with Crippen molar-refractivity contribution in [3.05, 3.63) is 29.8 Å². The second-order valence-corrected chi connectivity index (χ2v) is 6.17. The maximum atomic E-state index is 4.48. The van der Waals surface area contributed by atoms with Crippen LogP contribution in [0.1, 0.15) is 19.4 Å². The Morgan fingerprint density at radius 1 is 1.40 bits per heavy atom. The van der Waals surface area contributed by atoms with Gasteiger partial charge in [0.25, 0.3) is 0 Å². The van der Waals surface area contributed by atoms with E-state index in [4.69, 9.17) is 0 Å². The molecule has 2 rings (SSSR count). The molecular weight excluding hydrogens is 204 g/mol. The third kappa shape index (κ3) is 2.75. The molecule has 0 aromatic heterocycles. The fraction of sp³-hybridized carbons (Fsp3) is 0.417. The largest absolute Gasteiger partial charge is 0.335 e. The molecule has 3 heteroatoms. The van der Waals surface area contributed by atoms with E-state index in [0.717, 1.165) is 17.4 Å². The maximum Gasteiger partial charge on any atom is 0.161 e. The topological polar surface area (TPSA) is 24.4 Å². The smallest absolute Gasteiger partial charge is 0.161 e. The molecule has 0 radical (unpaired) electrons. The normalized spacial score (nSPS) is 18.7. The zero-order valence-electron chi connectivity index (χ0n) is 9.37. The van der Waals surface area contributed by atoms with Crippen molar-refractivity contribution >= 4 is 22.6 Å². The number of hydrogen-bond donors (Lipinski definition) is 1. The Balaban J connectivity index is 2.05. The van der Waals surface area contributed by atoms with Gasteiger partial charge < -0.3 is 5.32 Å². The third-order valence-corrected chi connectivity index (χ3v) is 3.35. The summed E-state index contributed by atoms with van der Waals surface area (Å²) >= 11 is 1.81. The Hall–Kier alpha value is -0.960. The monoisotopic (exact) mass is 220 g/mol. The molecule has 1 aliphatic heterocycles. The van der Waals surface area contributed by atoms with Crippen LogP contribution >= 0.6 is 11.8 Å². The van der Waals surface area contributed by atoms with Gasteiger partial charge in [0.15, 0.2) is 5.17 Å². The van der Waals surface area contributed by atoms with Crippen LogP contribution < -0.4 is 5.32 Å². The number of anilines is 1. The highest BCUT2D eigenvalue weighted by atomic mass is 32.2. The molecule has 2 nitrogen and oxygen atoms in total. The SMILES string of the molecule is Cc1cccc(NC2=NCC(C)(C)S2)c1. The molecule has 15 heavy (non-hydrogen) atoms. The first kappa shape index (κ1) is 10.6. The molecule has 0 amide bonds. The lowest BCUT2D eigenvalue weighted by atomic mass is 10.2. The fourth-order valence-electron chi connectivity index (χ4n) is 1.50. The van der Waals surface area contributed by atoms with Gasteiger partial charge in [-0.05, 0) is 38.5 Å². The highest BCUT2D eigenvalue weighted by molar-refractivity contribution is 8.15. The first-order valence-corrected chi connectivity index (χ1v) is 5.94. The predicted molar refractivity (Wildman–Crippen MR) is 68.8 cm³/mol. The molecule has 80 valence electrons. The van der Waals surface area contributed by atoms with Crippen molar-refractivity contribution in [2.75, 3.05) is 11.9 Å². The van der Waals surface area contributed by atoms with E-state index in [-0.39, 0.29) is 4.75 Å². The van der Waals surface area contributed by atoms with Crippen LogP contribution in [-0.2, 0) is 0 Å². The summed E-state index contributed by atoms with van der Waals surface area (Å²) in [6.45, 7) is 7.42. The zero-order chi connectivity index (χ0) is 10.9. The van der Waals surface area contributed by atoms with Gasteiger partial charge in [-0.2, -0.15) is 0 Å². The van der Waals surface area contributed by atoms with Gasteiger partial charge in [-0.15, -0.1) is 0 Å². The van der Waals surface area contributed by atoms with Gasteiger partial charge in [-0.25, -0.2) is 0 Å². The summed E-state index contributed by atoms with van der Waals surface area (Å²) in [6.07, 6.45) is 0. The summed E-state index contributed by atoms with van der Waals surface area (Å²) in [4.78, 5) is 4.48. The van der Waals surface area contributed by atoms with Crippen LogP contribution in [0, 0.1) is 6.92 Å². The van der Waals surface area contributed by atoms with E-state index in [0.29, 0.717) is 0 Å². The molecule has 1 heterocycles. The highest BCUT2D eigenvalue weighted by Crippen LogP contribution is 2.32. The number of nitrogens with zero attached hydrogens (tertiary/aromatic N) is 1. The Bertz CT molecular complexity index is 396. The minimum absolute atomic E-state index is 0.242. The number of rotatable bonds is 1. The summed E-state index contributed by atoms with van der Waals surface area (Å²) in [7, 11) is 0. The molecule has 0 unspecified atom stereocenters. The van der Waals surface area contributed by atoms with Gasteiger partial charge in [-0.1, -0.05) is 23.9 Å². The van der Waals surface area contributed by atoms with Crippen molar-refractivity contribution in [2.24, 2.45) is 4.99 Å². The second-order valence-electron chi connectivity index (χ2n) is 4.48. The van der Waals surface area contributed by atoms with Crippen LogP contribution in [0.5, 0.6) is 0 Å². The van der Waals surface area contributed by atoms with E-state index in [9.17, 15) is 0 Å². The molecule has 0 atom stereocenters. The molecule has 0 saturated heterocycles. The lowest BCUT2D eigenvalue weighted by molar-refractivity contribution is 0.741. The minimum atomic E-state index is 0.242. The van der Waals surface area contributed by atoms with E-state index in [2.05, 4.69) is 55.3 Å². The first-order chi connectivity index (χ1) is 7.05. The molecule has 0 spiro atoms. The number of aryl methyl sites for hydroxylation is 1. The van der Waals surface area contributed by atoms with Crippen LogP contribution in [0.2, 0.25) is 0 Å². The van der Waals surface area contributed by atoms with E-state index in [1.54, 1.807) is 0 Å². The molecule has 0 bridgehead atoms. The molecule has 0 saturated carbocycles. The van der Waals surface area contributed by atoms with Crippen molar-refractivity contribution < 1.29 is 0 Å². The van der Waals surface area contributed by atoms with Crippen LogP contribution in [0.15, 0.2) is 29.3 Å². The van der Waals surface area contributed by atoms with Gasteiger partial charge in [0.05, 0.1) is 6.54 Å². The quantitative estimate of drug-likeness (QED) is 0.785. The van der Waals surface area contributed by atoms with Crippen LogP contribution in [-0.4, -0.2) is 16.5 Å². The van der Waals surface area contributed by atoms with E-state index < -0.39 is 0 Å². The summed E-state index contributed by atoms with van der Waals surface area (Å²) in [5.41, 5.74) is 2.39. The summed E-state index contributed by atoms with van der Waals surface area (Å²) in [6, 6.07) is 8.36. The van der Waals surface area contributed by atoms with Crippen LogP contribution in [0.4, 0.5) is 5.69 Å². The van der Waals surface area contributed by atoms with Crippen LogP contribution in [0.25, 0.3) is 0 Å². The number of aliphatic imine (C=N–C) groups is 1. The first-order valence-electron chi connectivity index (χ1n) is 5.12. The lowest BCUT2D eigenvalue weighted by Gasteiger charge is -2.14. The predicted octanol–water partition coefficient (Wildman–Crippen LogP) is 3.29. The van der Waals surface area contributed by atoms with Gasteiger partial charge >= 0.3 is 0 Å². The van der Waals surface area contributed by atoms with E-state index in [1.165, 1.54) is 5.56 Å². The number of amidine groups is 1. The highest BCUT2D eigenvalue weighted by Gasteiger charge is 2.26. The fourth-order valence-corrected chi connectivity index (χ4v) is 2.45. The molecule has 0 fully saturated rings. The van der Waals surface area contributed by atoms with E-state index in [1.807, 2.05) is 11.8 Å². The summed E-state index contributed by atoms with van der Waals surface area (Å²) < 4.78 is 0.242. The average Bonchev–Trinajstić information content (AvgIpc) is 2.45. The molecule has 1 aromatic rings. The molecule has 1 aromatic carbocycles. The number of thioether (sulfide) groups is 1. The zero-order valence-corrected chi connectivity index (χ0v) is 10.2. The van der Waals surface area contributed by atoms with Crippen LogP contribution in [0.3, 0.4) is 0 Å². The standard InChI is InChI=1S/C12H16N2S/c1-9-5-4-6-10(7-9)14-11-13-8-12(2,3)15-11/h4-7H,8H2,1-3H3,(H,13,14). The maximum absolute atomic E-state index is 4.48. The molecule has 0 aliphatic carbocycles. The van der Waals surface area contributed by atoms with Crippen molar-refractivity contribution in [1.82, 2.24) is 0 Å². The Kier molecular flexibility index (Phi) is 2.74. The summed E-state index contributed by atoms with van der Waals surface area (Å²) in [5.74, 6) is 0. The van der Waals surface area contributed by atoms with Gasteiger partial charge in [-0.3, -0.25) is 4.99 Å². The number of benzene rings is 1. The van der Waals surface area contributed by atoms with Crippen molar-refractivity contribution in [3.8, 4) is 0 Å². The van der Waals surface area contributed by atoms with Gasteiger partial charge in [0.2, 0.25) is 0 Å². The minimum Gasteiger partial charge on any atom is -0.335 e. The van der Waals surface area contributed by atoms with Crippen molar-refractivity contribution in [1.29, 1.82) is 0 Å². The molecule has 1 N–H and O–H groups in total. The Labute approximate surface area is 95.2 Å². The lowest BCUT2D eigenvalue weighted by Crippen LogP contribution is -2.16. The van der Waals surface area contributed by atoms with E-state index >= 15 is 0 Å². The molecular formula is C12H16N2S. The van der Waals surface area contributed by atoms with Crippen molar-refractivity contribution in [2.45, 2.75) is 25.5 Å². The third-order valence-electron chi connectivity index (χ3n) is 2.25. The van der Waals surface area contributed by atoms with Crippen molar-refractivity contribution in [3.63, 3.8) is 0 Å². The molecule has 1 aliphatic rings. The number of nitrogens with one attached hydrogen (secondary N) is 1. The Morgan fingerprint density at radius 3 is 2.80 bits per heavy atom. The second kappa shape index (κ2) is 3.89. The average molecular weight is 220 g/mol.